The van der Waals surface area contributed by atoms with E-state index in [0.29, 0.717) is 6.04 Å². The lowest BCUT2D eigenvalue weighted by Crippen LogP contribution is -2.54. The van der Waals surface area contributed by atoms with Crippen molar-refractivity contribution in [3.63, 3.8) is 0 Å². The minimum atomic E-state index is 0.496. The molecule has 0 aliphatic heterocycles. The lowest BCUT2D eigenvalue weighted by molar-refractivity contribution is -0.727. The average Bonchev–Trinajstić information content (AvgIpc) is 2.99. The number of nitrogens with two attached hydrogens (primary N) is 1. The Labute approximate surface area is 134 Å². The Morgan fingerprint density at radius 2 is 1.90 bits per heavy atom. The third kappa shape index (κ3) is 3.43. The number of anilines is 1. The molecule has 0 atom stereocenters. The van der Waals surface area contributed by atoms with Crippen LogP contribution in [0.1, 0.15) is 39.5 Å². The Kier molecular flexibility index (Phi) is 5.33. The zero-order chi connectivity index (χ0) is 15.4. The highest BCUT2D eigenvalue weighted by molar-refractivity contribution is 9.10. The molecule has 0 bridgehead atoms. The maximum absolute atomic E-state index is 6.18. The number of aryl methyl sites for hydroxylation is 1. The molecule has 1 saturated carbocycles. The molecule has 0 radical (unpaired) electrons. The van der Waals surface area contributed by atoms with Gasteiger partial charge in [0.25, 0.3) is 5.52 Å². The molecular formula is C15H24BrN5+2. The summed E-state index contributed by atoms with van der Waals surface area (Å²) < 4.78 is 4.52. The highest BCUT2D eigenvalue weighted by atomic mass is 79.9. The summed E-state index contributed by atoms with van der Waals surface area (Å²) in [5.41, 5.74) is 1.95. The average molecular weight is 354 g/mol. The molecule has 114 valence electrons. The molecule has 6 heteroatoms. The van der Waals surface area contributed by atoms with Crippen molar-refractivity contribution in [2.45, 2.75) is 45.6 Å². The van der Waals surface area contributed by atoms with Gasteiger partial charge in [0.1, 0.15) is 0 Å². The molecule has 0 spiro atoms. The second-order valence-corrected chi connectivity index (χ2v) is 5.99. The first kappa shape index (κ1) is 15.9. The van der Waals surface area contributed by atoms with Crippen molar-refractivity contribution in [1.29, 1.82) is 0 Å². The minimum absolute atomic E-state index is 0.496. The summed E-state index contributed by atoms with van der Waals surface area (Å²) in [7, 11) is 1.94. The number of rotatable bonds is 2. The van der Waals surface area contributed by atoms with Crippen LogP contribution in [0.5, 0.6) is 0 Å². The standard InChI is InChI=1S/C13H17BrN5.C2H6/c1-18-12-8-9(14)6-7-11(12)19(15)13(17-18)16-10-4-2-3-5-10;1-2/h6-8,10H,2-5,15H2,1H3;1-2H3/q+1;/p+1. The molecule has 1 fully saturated rings. The maximum Gasteiger partial charge on any atom is 0.480 e. The fourth-order valence-corrected chi connectivity index (χ4v) is 3.02. The highest BCUT2D eigenvalue weighted by Gasteiger charge is 2.27. The quantitative estimate of drug-likeness (QED) is 0.642. The highest BCUT2D eigenvalue weighted by Crippen LogP contribution is 2.20. The molecule has 21 heavy (non-hydrogen) atoms. The van der Waals surface area contributed by atoms with E-state index in [1.165, 1.54) is 25.7 Å². The molecule has 1 aromatic heterocycles. The van der Waals surface area contributed by atoms with Gasteiger partial charge in [0.15, 0.2) is 12.1 Å². The fourth-order valence-electron chi connectivity index (χ4n) is 2.67. The zero-order valence-electron chi connectivity index (χ0n) is 12.9. The van der Waals surface area contributed by atoms with E-state index >= 15 is 0 Å². The summed E-state index contributed by atoms with van der Waals surface area (Å²) in [6.07, 6.45) is 4.97. The monoisotopic (exact) mass is 353 g/mol. The summed E-state index contributed by atoms with van der Waals surface area (Å²) in [6.45, 7) is 4.00. The SMILES string of the molecule is CC.C[n+]1nc(NC2CCCC2)[n+](N)c2ccc(Br)cc21. The Morgan fingerprint density at radius 3 is 2.57 bits per heavy atom. The Morgan fingerprint density at radius 1 is 1.24 bits per heavy atom. The number of nitrogen functional groups attached to an aromatic ring is 1. The van der Waals surface area contributed by atoms with E-state index in [9.17, 15) is 0 Å². The van der Waals surface area contributed by atoms with E-state index in [2.05, 4.69) is 26.3 Å². The van der Waals surface area contributed by atoms with E-state index in [1.54, 1.807) is 4.68 Å². The van der Waals surface area contributed by atoms with E-state index in [-0.39, 0.29) is 0 Å². The van der Waals surface area contributed by atoms with Crippen molar-refractivity contribution in [1.82, 2.24) is 5.10 Å². The number of halogens is 1. The van der Waals surface area contributed by atoms with Crippen LogP contribution < -0.4 is 20.5 Å². The van der Waals surface area contributed by atoms with Crippen LogP contribution in [0.3, 0.4) is 0 Å². The van der Waals surface area contributed by atoms with Gasteiger partial charge >= 0.3 is 5.95 Å². The van der Waals surface area contributed by atoms with Crippen LogP contribution >= 0.6 is 15.9 Å². The number of nitrogens with zero attached hydrogens (tertiary/aromatic N) is 3. The molecule has 1 aliphatic rings. The molecular weight excluding hydrogens is 330 g/mol. The molecule has 0 saturated heterocycles. The maximum atomic E-state index is 6.18. The summed E-state index contributed by atoms with van der Waals surface area (Å²) >= 11 is 3.47. The van der Waals surface area contributed by atoms with Crippen molar-refractivity contribution in [3.05, 3.63) is 22.7 Å². The van der Waals surface area contributed by atoms with Crippen LogP contribution in [0.4, 0.5) is 5.95 Å². The number of fused-ring (bicyclic) bond motifs is 1. The van der Waals surface area contributed by atoms with Gasteiger partial charge in [0, 0.05) is 10.5 Å². The Hall–Kier alpha value is -1.43. The molecule has 0 unspecified atom stereocenters. The summed E-state index contributed by atoms with van der Waals surface area (Å²) in [4.78, 5) is 0. The third-order valence-corrected chi connectivity index (χ3v) is 4.20. The Bertz CT molecular complexity index is 623. The summed E-state index contributed by atoms with van der Waals surface area (Å²) in [6, 6.07) is 6.51. The molecule has 1 aliphatic carbocycles. The minimum Gasteiger partial charge on any atom is -0.288 e. The molecule has 3 N–H and O–H groups in total. The number of hydrogen-bond donors (Lipinski definition) is 2. The third-order valence-electron chi connectivity index (χ3n) is 3.71. The normalized spacial score (nSPS) is 14.9. The van der Waals surface area contributed by atoms with Crippen LogP contribution in [0, 0.1) is 0 Å². The van der Waals surface area contributed by atoms with Gasteiger partial charge in [0.2, 0.25) is 5.52 Å². The van der Waals surface area contributed by atoms with Gasteiger partial charge in [-0.1, -0.05) is 29.8 Å². The molecule has 2 aromatic rings. The van der Waals surface area contributed by atoms with Crippen molar-refractivity contribution in [2.75, 3.05) is 11.2 Å². The van der Waals surface area contributed by atoms with E-state index in [4.69, 9.17) is 5.84 Å². The number of hydrogen-bond acceptors (Lipinski definition) is 3. The Balaban J connectivity index is 0.000000774. The lowest BCUT2D eigenvalue weighted by atomic mass is 10.2. The first-order valence-electron chi connectivity index (χ1n) is 7.58. The molecule has 0 amide bonds. The van der Waals surface area contributed by atoms with Crippen LogP contribution in [-0.2, 0) is 7.05 Å². The van der Waals surface area contributed by atoms with Gasteiger partial charge in [-0.2, -0.15) is 0 Å². The van der Waals surface area contributed by atoms with Gasteiger partial charge in [0.05, 0.1) is 6.04 Å². The van der Waals surface area contributed by atoms with Crippen LogP contribution in [0.2, 0.25) is 0 Å². The van der Waals surface area contributed by atoms with Gasteiger partial charge in [-0.15, -0.1) is 4.68 Å². The second kappa shape index (κ2) is 7.02. The van der Waals surface area contributed by atoms with E-state index in [1.807, 2.05) is 43.8 Å². The molecule has 5 nitrogen and oxygen atoms in total. The van der Waals surface area contributed by atoms with Crippen LogP contribution in [-0.4, -0.2) is 11.1 Å². The second-order valence-electron chi connectivity index (χ2n) is 5.08. The number of benzene rings is 1. The van der Waals surface area contributed by atoms with Crippen molar-refractivity contribution in [3.8, 4) is 0 Å². The van der Waals surface area contributed by atoms with Gasteiger partial charge in [-0.3, -0.25) is 11.2 Å². The van der Waals surface area contributed by atoms with Gasteiger partial charge < -0.3 is 0 Å². The summed E-state index contributed by atoms with van der Waals surface area (Å²) in [5, 5.41) is 7.98. The molecule has 1 aromatic carbocycles. The predicted molar refractivity (Wildman–Crippen MR) is 88.2 cm³/mol. The van der Waals surface area contributed by atoms with Crippen molar-refractivity contribution < 1.29 is 9.36 Å². The van der Waals surface area contributed by atoms with Gasteiger partial charge in [-0.05, 0) is 42.5 Å². The van der Waals surface area contributed by atoms with Crippen molar-refractivity contribution in [2.24, 2.45) is 7.05 Å². The summed E-state index contributed by atoms with van der Waals surface area (Å²) in [5.74, 6) is 6.91. The zero-order valence-corrected chi connectivity index (χ0v) is 14.5. The lowest BCUT2D eigenvalue weighted by Gasteiger charge is -2.07. The van der Waals surface area contributed by atoms with Gasteiger partial charge in [-0.25, -0.2) is 0 Å². The largest absolute Gasteiger partial charge is 0.480 e. The van der Waals surface area contributed by atoms with E-state index in [0.717, 1.165) is 21.5 Å². The number of aromatic nitrogens is 3. The molecule has 3 rings (SSSR count). The topological polar surface area (TPSA) is 58.7 Å². The van der Waals surface area contributed by atoms with Crippen molar-refractivity contribution >= 4 is 32.9 Å². The van der Waals surface area contributed by atoms with Crippen LogP contribution in [0.15, 0.2) is 22.7 Å². The van der Waals surface area contributed by atoms with Crippen LogP contribution in [0.25, 0.3) is 11.0 Å². The molecule has 1 heterocycles. The first-order valence-corrected chi connectivity index (χ1v) is 8.38. The number of nitrogens with one attached hydrogen (secondary N) is 1. The van der Waals surface area contributed by atoms with E-state index < -0.39 is 0 Å². The smallest absolute Gasteiger partial charge is 0.288 e. The fraction of sp³-hybridized carbons (Fsp3) is 0.533. The first-order chi connectivity index (χ1) is 10.1. The predicted octanol–water partition coefficient (Wildman–Crippen LogP) is 2.20.